The molecule has 0 unspecified atom stereocenters. The van der Waals surface area contributed by atoms with Crippen LogP contribution in [0.3, 0.4) is 0 Å². The molecule has 0 saturated carbocycles. The van der Waals surface area contributed by atoms with Gasteiger partial charge < -0.3 is 10.0 Å². The first-order chi connectivity index (χ1) is 9.48. The fraction of sp³-hybridized carbons (Fsp3) is 0.455. The lowest BCUT2D eigenvalue weighted by Gasteiger charge is -2.30. The average molecular weight is 285 g/mol. The van der Waals surface area contributed by atoms with Crippen LogP contribution in [-0.2, 0) is 0 Å². The number of likely N-dealkylation sites (tertiary alicyclic amines) is 1. The van der Waals surface area contributed by atoms with Gasteiger partial charge >= 0.3 is 6.09 Å². The molecule has 1 aliphatic heterocycles. The highest BCUT2D eigenvalue weighted by molar-refractivity contribution is 5.65. The normalized spacial score (nSPS) is 17.4. The molecule has 2 aromatic heterocycles. The highest BCUT2D eigenvalue weighted by Gasteiger charge is 2.36. The van der Waals surface area contributed by atoms with E-state index in [-0.39, 0.29) is 19.4 Å². The first kappa shape index (κ1) is 14.1. The Labute approximate surface area is 112 Å². The van der Waals surface area contributed by atoms with E-state index in [9.17, 15) is 13.6 Å². The predicted molar refractivity (Wildman–Crippen MR) is 64.6 cm³/mol. The Morgan fingerprint density at radius 1 is 1.45 bits per heavy atom. The molecule has 1 aliphatic rings. The van der Waals surface area contributed by atoms with Crippen LogP contribution < -0.4 is 0 Å². The minimum absolute atomic E-state index is 0.198. The Kier molecular flexibility index (Phi) is 4.06. The van der Waals surface area contributed by atoms with Crippen molar-refractivity contribution in [3.05, 3.63) is 24.9 Å². The molecule has 3 heterocycles. The summed E-state index contributed by atoms with van der Waals surface area (Å²) in [6, 6.07) is 0. The zero-order valence-electron chi connectivity index (χ0n) is 10.5. The van der Waals surface area contributed by atoms with Crippen LogP contribution in [0.25, 0.3) is 5.65 Å². The average Bonchev–Trinajstić information content (AvgIpc) is 2.86. The molecule has 108 valence electrons. The molecule has 20 heavy (non-hydrogen) atoms. The summed E-state index contributed by atoms with van der Waals surface area (Å²) >= 11 is 0. The van der Waals surface area contributed by atoms with Gasteiger partial charge in [0.15, 0.2) is 5.65 Å². The lowest BCUT2D eigenvalue weighted by molar-refractivity contribution is -0.0574. The van der Waals surface area contributed by atoms with Crippen LogP contribution >= 0.6 is 0 Å². The zero-order valence-corrected chi connectivity index (χ0v) is 10.5. The van der Waals surface area contributed by atoms with Crippen LogP contribution in [0, 0.1) is 0 Å². The van der Waals surface area contributed by atoms with Crippen LogP contribution in [0.5, 0.6) is 0 Å². The van der Waals surface area contributed by atoms with E-state index >= 15 is 0 Å². The van der Waals surface area contributed by atoms with Gasteiger partial charge in [-0.25, -0.2) is 13.6 Å². The Morgan fingerprint density at radius 3 is 2.85 bits per heavy atom. The van der Waals surface area contributed by atoms with Crippen molar-refractivity contribution < 1.29 is 18.7 Å². The molecule has 3 rings (SSSR count). The van der Waals surface area contributed by atoms with Gasteiger partial charge in [0.2, 0.25) is 0 Å². The van der Waals surface area contributed by atoms with E-state index < -0.39 is 18.6 Å². The molecule has 0 bridgehead atoms. The number of halogens is 2. The molecule has 1 amide bonds. The number of hydrogen-bond acceptors (Lipinski definition) is 4. The van der Waals surface area contributed by atoms with Gasteiger partial charge in [-0.05, 0) is 6.42 Å². The molecule has 1 N–H and O–H groups in total. The summed E-state index contributed by atoms with van der Waals surface area (Å²) in [5.74, 6) is -2.82. The van der Waals surface area contributed by atoms with Crippen LogP contribution in [0.15, 0.2) is 24.9 Å². The largest absolute Gasteiger partial charge is 0.465 e. The Bertz CT molecular complexity index is 559. The van der Waals surface area contributed by atoms with Gasteiger partial charge in [-0.1, -0.05) is 0 Å². The summed E-state index contributed by atoms with van der Waals surface area (Å²) in [5.41, 5.74) is 0.775. The lowest BCUT2D eigenvalue weighted by Crippen LogP contribution is -2.45. The Balaban J connectivity index is 0.000000149. The number of hydrogen-bond donors (Lipinski definition) is 1. The van der Waals surface area contributed by atoms with Gasteiger partial charge in [-0.2, -0.15) is 0 Å². The third-order valence-electron chi connectivity index (χ3n) is 2.77. The SMILES string of the molecule is O=C(O)N1CCCC(F)(F)C1.c1cn2cnnc2cn1. The zero-order chi connectivity index (χ0) is 14.6. The third-order valence-corrected chi connectivity index (χ3v) is 2.77. The van der Waals surface area contributed by atoms with Crippen molar-refractivity contribution in [2.24, 2.45) is 0 Å². The molecule has 0 aliphatic carbocycles. The van der Waals surface area contributed by atoms with Crippen LogP contribution in [-0.4, -0.2) is 54.7 Å². The van der Waals surface area contributed by atoms with Crippen LogP contribution in [0.4, 0.5) is 13.6 Å². The van der Waals surface area contributed by atoms with Gasteiger partial charge in [0.1, 0.15) is 6.33 Å². The molecule has 1 fully saturated rings. The first-order valence-corrected chi connectivity index (χ1v) is 5.93. The van der Waals surface area contributed by atoms with Gasteiger partial charge in [-0.15, -0.1) is 10.2 Å². The number of fused-ring (bicyclic) bond motifs is 1. The second kappa shape index (κ2) is 5.76. The summed E-state index contributed by atoms with van der Waals surface area (Å²) in [7, 11) is 0. The molecule has 7 nitrogen and oxygen atoms in total. The molecular weight excluding hydrogens is 272 g/mol. The number of alkyl halides is 2. The summed E-state index contributed by atoms with van der Waals surface area (Å²) in [6.07, 6.45) is 5.58. The fourth-order valence-corrected chi connectivity index (χ4v) is 1.81. The van der Waals surface area contributed by atoms with Crippen LogP contribution in [0.1, 0.15) is 12.8 Å². The minimum atomic E-state index is -2.82. The summed E-state index contributed by atoms with van der Waals surface area (Å²) in [5, 5.41) is 15.8. The molecule has 0 radical (unpaired) electrons. The summed E-state index contributed by atoms with van der Waals surface area (Å²) in [6.45, 7) is -0.423. The topological polar surface area (TPSA) is 83.6 Å². The number of nitrogens with zero attached hydrogens (tertiary/aromatic N) is 5. The molecule has 0 spiro atoms. The number of piperidine rings is 1. The maximum absolute atomic E-state index is 12.5. The van der Waals surface area contributed by atoms with E-state index in [1.807, 2.05) is 0 Å². The molecule has 0 atom stereocenters. The second-order valence-electron chi connectivity index (χ2n) is 4.34. The van der Waals surface area contributed by atoms with Crippen molar-refractivity contribution in [1.82, 2.24) is 24.5 Å². The quantitative estimate of drug-likeness (QED) is 0.793. The van der Waals surface area contributed by atoms with Gasteiger partial charge in [0.05, 0.1) is 12.7 Å². The lowest BCUT2D eigenvalue weighted by atomic mass is 10.1. The summed E-state index contributed by atoms with van der Waals surface area (Å²) in [4.78, 5) is 14.8. The number of carboxylic acid groups (broad SMARTS) is 1. The van der Waals surface area contributed by atoms with Gasteiger partial charge in [0.25, 0.3) is 5.92 Å². The minimum Gasteiger partial charge on any atom is -0.465 e. The summed E-state index contributed by atoms with van der Waals surface area (Å²) < 4.78 is 26.8. The van der Waals surface area contributed by atoms with Crippen molar-refractivity contribution in [2.45, 2.75) is 18.8 Å². The monoisotopic (exact) mass is 285 g/mol. The predicted octanol–water partition coefficient (Wildman–Crippen LogP) is 1.52. The van der Waals surface area contributed by atoms with Crippen molar-refractivity contribution in [3.63, 3.8) is 0 Å². The standard InChI is InChI=1S/C6H9F2NO2.C5H4N4/c7-6(8)2-1-3-9(4-6)5(10)11;1-2-9-4-7-8-5(9)3-6-1/h1-4H2,(H,10,11);1-4H. The molecule has 1 saturated heterocycles. The van der Waals surface area contributed by atoms with Crippen molar-refractivity contribution in [3.8, 4) is 0 Å². The smallest absolute Gasteiger partial charge is 0.407 e. The molecule has 0 aromatic carbocycles. The molecular formula is C11H13F2N5O2. The van der Waals surface area contributed by atoms with E-state index in [1.165, 1.54) is 0 Å². The maximum atomic E-state index is 12.5. The van der Waals surface area contributed by atoms with E-state index in [4.69, 9.17) is 5.11 Å². The second-order valence-corrected chi connectivity index (χ2v) is 4.34. The molecule has 9 heteroatoms. The highest BCUT2D eigenvalue weighted by atomic mass is 19.3. The number of amides is 1. The number of carbonyl (C=O) groups is 1. The van der Waals surface area contributed by atoms with E-state index in [2.05, 4.69) is 15.2 Å². The Hall–Kier alpha value is -2.32. The number of aromatic nitrogens is 4. The van der Waals surface area contributed by atoms with Gasteiger partial charge in [0, 0.05) is 25.4 Å². The van der Waals surface area contributed by atoms with Crippen molar-refractivity contribution >= 4 is 11.7 Å². The van der Waals surface area contributed by atoms with E-state index in [1.54, 1.807) is 29.3 Å². The first-order valence-electron chi connectivity index (χ1n) is 5.93. The molecule has 2 aromatic rings. The van der Waals surface area contributed by atoms with Crippen molar-refractivity contribution in [2.75, 3.05) is 13.1 Å². The maximum Gasteiger partial charge on any atom is 0.407 e. The van der Waals surface area contributed by atoms with Crippen molar-refractivity contribution in [1.29, 1.82) is 0 Å². The van der Waals surface area contributed by atoms with E-state index in [0.717, 1.165) is 10.5 Å². The van der Waals surface area contributed by atoms with E-state index in [0.29, 0.717) is 0 Å². The fourth-order valence-electron chi connectivity index (χ4n) is 1.81. The van der Waals surface area contributed by atoms with Crippen LogP contribution in [0.2, 0.25) is 0 Å². The highest BCUT2D eigenvalue weighted by Crippen LogP contribution is 2.26. The van der Waals surface area contributed by atoms with Gasteiger partial charge in [-0.3, -0.25) is 9.38 Å². The third kappa shape index (κ3) is 3.59. The number of rotatable bonds is 0. The Morgan fingerprint density at radius 2 is 2.25 bits per heavy atom.